The van der Waals surface area contributed by atoms with Crippen LogP contribution in [0, 0.1) is 5.82 Å². The fourth-order valence-corrected chi connectivity index (χ4v) is 2.83. The molecule has 1 atom stereocenters. The average molecular weight is 348 g/mol. The molecule has 7 heteroatoms. The second-order valence-corrected chi connectivity index (χ2v) is 6.26. The van der Waals surface area contributed by atoms with Crippen LogP contribution in [-0.4, -0.2) is 32.0 Å². The van der Waals surface area contributed by atoms with E-state index in [1.807, 2.05) is 6.07 Å². The van der Waals surface area contributed by atoms with Gasteiger partial charge in [-0.1, -0.05) is 13.0 Å². The van der Waals surface area contributed by atoms with Crippen molar-refractivity contribution in [1.82, 2.24) is 10.6 Å². The number of anilines is 1. The summed E-state index contributed by atoms with van der Waals surface area (Å²) in [6.07, 6.45) is 0. The summed E-state index contributed by atoms with van der Waals surface area (Å²) < 4.78 is 12.8. The van der Waals surface area contributed by atoms with E-state index >= 15 is 0 Å². The normalized spacial score (nSPS) is 12.5. The summed E-state index contributed by atoms with van der Waals surface area (Å²) in [5, 5.41) is 10.9. The van der Waals surface area contributed by atoms with Crippen molar-refractivity contribution in [2.24, 2.45) is 4.99 Å². The lowest BCUT2D eigenvalue weighted by molar-refractivity contribution is -0.115. The highest BCUT2D eigenvalue weighted by atomic mass is 32.1. The maximum absolute atomic E-state index is 12.8. The Morgan fingerprint density at radius 2 is 2.00 bits per heavy atom. The maximum atomic E-state index is 12.8. The summed E-state index contributed by atoms with van der Waals surface area (Å²) in [5.41, 5.74) is 0.553. The Morgan fingerprint density at radius 3 is 2.62 bits per heavy atom. The van der Waals surface area contributed by atoms with Gasteiger partial charge in [-0.3, -0.25) is 9.79 Å². The van der Waals surface area contributed by atoms with Crippen LogP contribution in [0.5, 0.6) is 0 Å². The van der Waals surface area contributed by atoms with Gasteiger partial charge < -0.3 is 16.0 Å². The summed E-state index contributed by atoms with van der Waals surface area (Å²) in [4.78, 5) is 17.3. The van der Waals surface area contributed by atoms with Gasteiger partial charge in [0.2, 0.25) is 5.91 Å². The summed E-state index contributed by atoms with van der Waals surface area (Å²) in [6.45, 7) is 2.93. The molecule has 128 valence electrons. The number of halogens is 1. The van der Waals surface area contributed by atoms with Gasteiger partial charge in [0.05, 0.1) is 6.54 Å². The van der Waals surface area contributed by atoms with Crippen LogP contribution < -0.4 is 16.0 Å². The SMILES string of the molecule is CN=C(NCC(=O)Nc1ccc(F)cc1)NCC(C)c1cccs1. The van der Waals surface area contributed by atoms with Crippen LogP contribution in [0.2, 0.25) is 0 Å². The summed E-state index contributed by atoms with van der Waals surface area (Å²) in [5.74, 6) is 0.357. The van der Waals surface area contributed by atoms with Crippen LogP contribution >= 0.6 is 11.3 Å². The Kier molecular flexibility index (Phi) is 6.74. The molecule has 1 amide bonds. The molecule has 0 fully saturated rings. The molecule has 2 rings (SSSR count). The quantitative estimate of drug-likeness (QED) is 0.555. The molecule has 2 aromatic rings. The van der Waals surface area contributed by atoms with Gasteiger partial charge in [-0.25, -0.2) is 4.39 Å². The van der Waals surface area contributed by atoms with E-state index in [0.29, 0.717) is 17.6 Å². The molecule has 0 bridgehead atoms. The van der Waals surface area contributed by atoms with Gasteiger partial charge in [0, 0.05) is 30.1 Å². The van der Waals surface area contributed by atoms with Crippen LogP contribution in [0.1, 0.15) is 17.7 Å². The third-order valence-electron chi connectivity index (χ3n) is 3.37. The predicted octanol–water partition coefficient (Wildman–Crippen LogP) is 2.79. The molecule has 0 aliphatic heterocycles. The molecule has 0 aliphatic carbocycles. The molecule has 0 saturated heterocycles. The number of benzene rings is 1. The van der Waals surface area contributed by atoms with Crippen molar-refractivity contribution in [2.45, 2.75) is 12.8 Å². The third-order valence-corrected chi connectivity index (χ3v) is 4.48. The number of aliphatic imine (C=N–C) groups is 1. The first-order valence-electron chi connectivity index (χ1n) is 7.62. The van der Waals surface area contributed by atoms with E-state index < -0.39 is 0 Å². The highest BCUT2D eigenvalue weighted by Gasteiger charge is 2.08. The number of guanidine groups is 1. The van der Waals surface area contributed by atoms with E-state index in [1.54, 1.807) is 18.4 Å². The molecule has 1 aromatic carbocycles. The minimum atomic E-state index is -0.337. The standard InChI is InChI=1S/C17H21FN4OS/c1-12(15-4-3-9-24-15)10-20-17(19-2)21-11-16(23)22-14-7-5-13(18)6-8-14/h3-9,12H,10-11H2,1-2H3,(H,22,23)(H2,19,20,21). The molecule has 1 aromatic heterocycles. The Bertz CT molecular complexity index is 670. The lowest BCUT2D eigenvalue weighted by Crippen LogP contribution is -2.42. The fraction of sp³-hybridized carbons (Fsp3) is 0.294. The fourth-order valence-electron chi connectivity index (χ4n) is 2.05. The van der Waals surface area contributed by atoms with Crippen molar-refractivity contribution in [3.8, 4) is 0 Å². The van der Waals surface area contributed by atoms with Crippen molar-refractivity contribution >= 4 is 28.9 Å². The lowest BCUT2D eigenvalue weighted by Gasteiger charge is -2.15. The Hall–Kier alpha value is -2.41. The summed E-state index contributed by atoms with van der Waals surface area (Å²) in [6, 6.07) is 9.77. The van der Waals surface area contributed by atoms with Crippen molar-refractivity contribution < 1.29 is 9.18 Å². The second-order valence-electron chi connectivity index (χ2n) is 5.28. The first-order chi connectivity index (χ1) is 11.6. The van der Waals surface area contributed by atoms with Gasteiger partial charge in [0.15, 0.2) is 5.96 Å². The van der Waals surface area contributed by atoms with Gasteiger partial charge >= 0.3 is 0 Å². The minimum absolute atomic E-state index is 0.0738. The smallest absolute Gasteiger partial charge is 0.243 e. The zero-order valence-electron chi connectivity index (χ0n) is 13.7. The molecule has 1 unspecified atom stereocenters. The van der Waals surface area contributed by atoms with Crippen molar-refractivity contribution in [1.29, 1.82) is 0 Å². The number of amides is 1. The van der Waals surface area contributed by atoms with E-state index in [9.17, 15) is 9.18 Å². The number of carbonyl (C=O) groups is 1. The topological polar surface area (TPSA) is 65.5 Å². The van der Waals surface area contributed by atoms with Gasteiger partial charge in [0.25, 0.3) is 0 Å². The zero-order valence-corrected chi connectivity index (χ0v) is 14.5. The number of hydrogen-bond donors (Lipinski definition) is 3. The molecular formula is C17H21FN4OS. The van der Waals surface area contributed by atoms with Crippen LogP contribution in [0.15, 0.2) is 46.8 Å². The molecule has 5 nitrogen and oxygen atoms in total. The van der Waals surface area contributed by atoms with E-state index in [4.69, 9.17) is 0 Å². The van der Waals surface area contributed by atoms with Crippen molar-refractivity contribution in [2.75, 3.05) is 25.5 Å². The second kappa shape index (κ2) is 9.02. The largest absolute Gasteiger partial charge is 0.356 e. The Labute approximate surface area is 145 Å². The molecule has 0 radical (unpaired) electrons. The van der Waals surface area contributed by atoms with Gasteiger partial charge in [-0.05, 0) is 35.7 Å². The zero-order chi connectivity index (χ0) is 17.4. The first kappa shape index (κ1) is 17.9. The number of thiophene rings is 1. The van der Waals surface area contributed by atoms with Crippen LogP contribution in [0.4, 0.5) is 10.1 Å². The molecule has 3 N–H and O–H groups in total. The Morgan fingerprint density at radius 1 is 1.25 bits per heavy atom. The van der Waals surface area contributed by atoms with E-state index in [1.165, 1.54) is 29.1 Å². The average Bonchev–Trinajstić information content (AvgIpc) is 3.11. The molecule has 0 saturated carbocycles. The van der Waals surface area contributed by atoms with E-state index in [0.717, 1.165) is 6.54 Å². The minimum Gasteiger partial charge on any atom is -0.356 e. The number of carbonyl (C=O) groups excluding carboxylic acids is 1. The monoisotopic (exact) mass is 348 g/mol. The highest BCUT2D eigenvalue weighted by molar-refractivity contribution is 7.10. The van der Waals surface area contributed by atoms with E-state index in [2.05, 4.69) is 39.3 Å². The summed E-state index contributed by atoms with van der Waals surface area (Å²) >= 11 is 1.72. The van der Waals surface area contributed by atoms with Crippen LogP contribution in [0.3, 0.4) is 0 Å². The molecule has 0 aliphatic rings. The lowest BCUT2D eigenvalue weighted by atomic mass is 10.1. The van der Waals surface area contributed by atoms with E-state index in [-0.39, 0.29) is 18.3 Å². The number of nitrogens with zero attached hydrogens (tertiary/aromatic N) is 1. The van der Waals surface area contributed by atoms with Gasteiger partial charge in [0.1, 0.15) is 5.82 Å². The third kappa shape index (κ3) is 5.66. The molecule has 24 heavy (non-hydrogen) atoms. The molecular weight excluding hydrogens is 327 g/mol. The summed E-state index contributed by atoms with van der Waals surface area (Å²) in [7, 11) is 1.66. The van der Waals surface area contributed by atoms with Gasteiger partial charge in [-0.2, -0.15) is 0 Å². The first-order valence-corrected chi connectivity index (χ1v) is 8.50. The number of rotatable bonds is 6. The van der Waals surface area contributed by atoms with Crippen molar-refractivity contribution in [3.63, 3.8) is 0 Å². The molecule has 0 spiro atoms. The van der Waals surface area contributed by atoms with Gasteiger partial charge in [-0.15, -0.1) is 11.3 Å². The van der Waals surface area contributed by atoms with Crippen molar-refractivity contribution in [3.05, 3.63) is 52.5 Å². The maximum Gasteiger partial charge on any atom is 0.243 e. The van der Waals surface area contributed by atoms with Crippen LogP contribution in [-0.2, 0) is 4.79 Å². The number of nitrogens with one attached hydrogen (secondary N) is 3. The Balaban J connectivity index is 1.74. The number of hydrogen-bond acceptors (Lipinski definition) is 3. The highest BCUT2D eigenvalue weighted by Crippen LogP contribution is 2.19. The molecule has 1 heterocycles. The predicted molar refractivity (Wildman–Crippen MR) is 97.1 cm³/mol. The van der Waals surface area contributed by atoms with Crippen LogP contribution in [0.25, 0.3) is 0 Å².